The van der Waals surface area contributed by atoms with Crippen LogP contribution in [0.25, 0.3) is 5.82 Å². The summed E-state index contributed by atoms with van der Waals surface area (Å²) < 4.78 is 5.50. The predicted molar refractivity (Wildman–Crippen MR) is 92.5 cm³/mol. The van der Waals surface area contributed by atoms with Crippen molar-refractivity contribution in [2.24, 2.45) is 0 Å². The molecule has 122 valence electrons. The Labute approximate surface area is 144 Å². The lowest BCUT2D eigenvalue weighted by Crippen LogP contribution is -2.25. The predicted octanol–water partition coefficient (Wildman–Crippen LogP) is 3.41. The second-order valence-electron chi connectivity index (χ2n) is 5.53. The lowest BCUT2D eigenvalue weighted by molar-refractivity contribution is 0.408. The molecule has 0 saturated carbocycles. The average Bonchev–Trinajstić information content (AvgIpc) is 3.15. The fourth-order valence-corrected chi connectivity index (χ4v) is 3.33. The van der Waals surface area contributed by atoms with Crippen LogP contribution in [-0.4, -0.2) is 33.6 Å². The summed E-state index contributed by atoms with van der Waals surface area (Å²) in [5.74, 6) is 1.45. The molecule has 0 unspecified atom stereocenters. The van der Waals surface area contributed by atoms with Gasteiger partial charge in [-0.15, -0.1) is 4.80 Å². The number of hydrogen-bond donors (Lipinski definition) is 0. The van der Waals surface area contributed by atoms with Gasteiger partial charge in [-0.05, 0) is 31.0 Å². The van der Waals surface area contributed by atoms with E-state index < -0.39 is 0 Å². The van der Waals surface area contributed by atoms with E-state index in [1.165, 1.54) is 10.4 Å². The Hall–Kier alpha value is -2.60. The van der Waals surface area contributed by atoms with E-state index in [2.05, 4.69) is 26.1 Å². The third kappa shape index (κ3) is 2.49. The van der Waals surface area contributed by atoms with Gasteiger partial charge in [-0.2, -0.15) is 10.2 Å². The molecule has 4 rings (SSSR count). The third-order valence-corrected chi connectivity index (χ3v) is 4.43. The van der Waals surface area contributed by atoms with Crippen molar-refractivity contribution in [3.05, 3.63) is 53.4 Å². The number of nitrogens with zero attached hydrogens (tertiary/aromatic N) is 5. The third-order valence-electron chi connectivity index (χ3n) is 4.15. The van der Waals surface area contributed by atoms with E-state index in [-0.39, 0.29) is 0 Å². The highest BCUT2D eigenvalue weighted by molar-refractivity contribution is 6.32. The molecule has 0 atom stereocenters. The molecule has 0 N–H and O–H groups in total. The summed E-state index contributed by atoms with van der Waals surface area (Å²) >= 11 is 6.41. The molecule has 0 radical (unpaired) electrons. The van der Waals surface area contributed by atoms with Crippen molar-refractivity contribution in [1.29, 1.82) is 0 Å². The molecule has 1 aliphatic rings. The summed E-state index contributed by atoms with van der Waals surface area (Å²) in [7, 11) is 1.71. The van der Waals surface area contributed by atoms with Crippen molar-refractivity contribution in [2.45, 2.75) is 12.8 Å². The molecule has 3 heterocycles. The fraction of sp³-hybridized carbons (Fsp3) is 0.235. The van der Waals surface area contributed by atoms with Gasteiger partial charge in [0.15, 0.2) is 5.82 Å². The average molecular weight is 342 g/mol. The maximum absolute atomic E-state index is 6.41. The Morgan fingerprint density at radius 2 is 2.04 bits per heavy atom. The molecule has 6 nitrogen and oxygen atoms in total. The van der Waals surface area contributed by atoms with Crippen molar-refractivity contribution in [1.82, 2.24) is 20.0 Å². The highest BCUT2D eigenvalue weighted by Crippen LogP contribution is 2.38. The lowest BCUT2D eigenvalue weighted by Gasteiger charge is -2.32. The maximum atomic E-state index is 6.41. The number of ether oxygens (including phenoxy) is 1. The topological polar surface area (TPSA) is 56.1 Å². The van der Waals surface area contributed by atoms with Gasteiger partial charge in [-0.1, -0.05) is 17.7 Å². The van der Waals surface area contributed by atoms with E-state index >= 15 is 0 Å². The van der Waals surface area contributed by atoms with Gasteiger partial charge in [0.25, 0.3) is 0 Å². The monoisotopic (exact) mass is 341 g/mol. The molecule has 24 heavy (non-hydrogen) atoms. The van der Waals surface area contributed by atoms with Crippen LogP contribution in [0.2, 0.25) is 5.02 Å². The van der Waals surface area contributed by atoms with Crippen LogP contribution >= 0.6 is 11.6 Å². The molecular weight excluding hydrogens is 326 g/mol. The van der Waals surface area contributed by atoms with E-state index in [1.807, 2.05) is 18.2 Å². The van der Waals surface area contributed by atoms with E-state index in [1.54, 1.807) is 25.7 Å². The van der Waals surface area contributed by atoms with Gasteiger partial charge in [-0.25, -0.2) is 4.98 Å². The normalized spacial score (nSPS) is 13.7. The zero-order chi connectivity index (χ0) is 16.5. The molecule has 7 heteroatoms. The first-order valence-corrected chi connectivity index (χ1v) is 8.11. The number of benzene rings is 1. The Kier molecular flexibility index (Phi) is 3.82. The number of fused-ring (bicyclic) bond motifs is 1. The van der Waals surface area contributed by atoms with Gasteiger partial charge >= 0.3 is 0 Å². The zero-order valence-corrected chi connectivity index (χ0v) is 13.9. The minimum Gasteiger partial charge on any atom is -0.496 e. The van der Waals surface area contributed by atoms with Crippen LogP contribution in [0.5, 0.6) is 5.75 Å². The number of methoxy groups -OCH3 is 1. The van der Waals surface area contributed by atoms with Crippen molar-refractivity contribution < 1.29 is 4.74 Å². The van der Waals surface area contributed by atoms with Crippen LogP contribution in [-0.2, 0) is 6.42 Å². The molecule has 1 aliphatic heterocycles. The van der Waals surface area contributed by atoms with Gasteiger partial charge in [0.2, 0.25) is 0 Å². The number of hydrogen-bond acceptors (Lipinski definition) is 5. The minimum absolute atomic E-state index is 0.513. The Morgan fingerprint density at radius 1 is 1.21 bits per heavy atom. The summed E-state index contributed by atoms with van der Waals surface area (Å²) in [4.78, 5) is 8.08. The highest BCUT2D eigenvalue weighted by atomic mass is 35.5. The number of halogens is 1. The van der Waals surface area contributed by atoms with E-state index in [4.69, 9.17) is 16.3 Å². The quantitative estimate of drug-likeness (QED) is 0.730. The number of rotatable bonds is 3. The molecule has 0 spiro atoms. The van der Waals surface area contributed by atoms with Gasteiger partial charge in [0.05, 0.1) is 36.4 Å². The van der Waals surface area contributed by atoms with Crippen LogP contribution in [0, 0.1) is 0 Å². The SMILES string of the molecule is COc1cccc2c1CCCN2c1cnc(-n2nccn2)c(Cl)c1. The highest BCUT2D eigenvalue weighted by Gasteiger charge is 2.22. The standard InChI is InChI=1S/C17H16ClN5O/c1-24-16-6-2-5-15-13(16)4-3-9-22(15)12-10-14(18)17(19-11-12)23-20-7-8-21-23/h2,5-8,10-11H,3-4,9H2,1H3. The second kappa shape index (κ2) is 6.13. The zero-order valence-electron chi connectivity index (χ0n) is 13.2. The molecule has 0 amide bonds. The fourth-order valence-electron chi connectivity index (χ4n) is 3.09. The minimum atomic E-state index is 0.513. The van der Waals surface area contributed by atoms with Crippen LogP contribution < -0.4 is 9.64 Å². The second-order valence-corrected chi connectivity index (χ2v) is 5.94. The molecule has 0 aliphatic carbocycles. The van der Waals surface area contributed by atoms with Crippen molar-refractivity contribution in [3.8, 4) is 11.6 Å². The molecule has 0 bridgehead atoms. The molecule has 0 fully saturated rings. The Morgan fingerprint density at radius 3 is 2.79 bits per heavy atom. The van der Waals surface area contributed by atoms with Crippen molar-refractivity contribution >= 4 is 23.0 Å². The number of anilines is 2. The molecule has 1 aromatic carbocycles. The first kappa shape index (κ1) is 15.0. The molecule has 0 saturated heterocycles. The summed E-state index contributed by atoms with van der Waals surface area (Å²) in [6, 6.07) is 8.02. The van der Waals surface area contributed by atoms with E-state index in [9.17, 15) is 0 Å². The van der Waals surface area contributed by atoms with Gasteiger partial charge in [0.1, 0.15) is 5.75 Å². The van der Waals surface area contributed by atoms with Crippen LogP contribution in [0.1, 0.15) is 12.0 Å². The van der Waals surface area contributed by atoms with Crippen LogP contribution in [0.3, 0.4) is 0 Å². The Balaban J connectivity index is 1.75. The molecule has 3 aromatic rings. The van der Waals surface area contributed by atoms with Crippen molar-refractivity contribution in [3.63, 3.8) is 0 Å². The molecular formula is C17H16ClN5O. The lowest BCUT2D eigenvalue weighted by atomic mass is 10.00. The van der Waals surface area contributed by atoms with E-state index in [0.29, 0.717) is 10.8 Å². The van der Waals surface area contributed by atoms with Gasteiger partial charge in [-0.3, -0.25) is 0 Å². The summed E-state index contributed by atoms with van der Waals surface area (Å²) in [6.45, 7) is 0.914. The smallest absolute Gasteiger partial charge is 0.193 e. The Bertz CT molecular complexity index is 865. The largest absolute Gasteiger partial charge is 0.496 e. The van der Waals surface area contributed by atoms with Crippen molar-refractivity contribution in [2.75, 3.05) is 18.6 Å². The van der Waals surface area contributed by atoms with Gasteiger partial charge in [0, 0.05) is 17.8 Å². The summed E-state index contributed by atoms with van der Waals surface area (Å²) in [6.07, 6.45) is 7.05. The van der Waals surface area contributed by atoms with Crippen LogP contribution in [0.15, 0.2) is 42.9 Å². The van der Waals surface area contributed by atoms with Gasteiger partial charge < -0.3 is 9.64 Å². The number of pyridine rings is 1. The van der Waals surface area contributed by atoms with E-state index in [0.717, 1.165) is 36.5 Å². The first-order valence-electron chi connectivity index (χ1n) is 7.73. The maximum Gasteiger partial charge on any atom is 0.193 e. The summed E-state index contributed by atoms with van der Waals surface area (Å²) in [5.41, 5.74) is 3.31. The van der Waals surface area contributed by atoms with Crippen LogP contribution in [0.4, 0.5) is 11.4 Å². The first-order chi connectivity index (χ1) is 11.8. The summed E-state index contributed by atoms with van der Waals surface area (Å²) in [5, 5.41) is 8.67. The number of aromatic nitrogens is 4. The molecule has 2 aromatic heterocycles.